The quantitative estimate of drug-likeness (QED) is 0.441. The molecule has 0 radical (unpaired) electrons. The van der Waals surface area contributed by atoms with E-state index in [1.807, 2.05) is 43.3 Å². The molecule has 29 heavy (non-hydrogen) atoms. The van der Waals surface area contributed by atoms with Gasteiger partial charge in [0.2, 0.25) is 0 Å². The molecule has 4 aromatic rings. The Balaban J connectivity index is 1.82. The number of hydrogen-bond donors (Lipinski definition) is 0. The van der Waals surface area contributed by atoms with Crippen LogP contribution in [0, 0.1) is 0 Å². The van der Waals surface area contributed by atoms with Crippen molar-refractivity contribution in [3.05, 3.63) is 84.2 Å². The number of pyridine rings is 1. The lowest BCUT2D eigenvalue weighted by Gasteiger charge is -2.12. The molecule has 0 saturated heterocycles. The van der Waals surface area contributed by atoms with E-state index in [-0.39, 0.29) is 0 Å². The van der Waals surface area contributed by atoms with Crippen molar-refractivity contribution in [1.29, 1.82) is 0 Å². The molecular weight excluding hydrogens is 364 g/mol. The summed E-state index contributed by atoms with van der Waals surface area (Å²) < 4.78 is 12.7. The number of ether oxygens (including phenoxy) is 2. The Morgan fingerprint density at radius 3 is 2.59 bits per heavy atom. The highest BCUT2D eigenvalue weighted by Crippen LogP contribution is 2.31. The van der Waals surface area contributed by atoms with Crippen LogP contribution < -0.4 is 4.74 Å². The van der Waals surface area contributed by atoms with Crippen LogP contribution in [0.5, 0.6) is 5.75 Å². The number of fused-ring (bicyclic) bond motifs is 1. The molecule has 2 heterocycles. The molecule has 0 spiro atoms. The summed E-state index contributed by atoms with van der Waals surface area (Å²) in [6.07, 6.45) is 0. The van der Waals surface area contributed by atoms with E-state index in [2.05, 4.69) is 39.9 Å². The van der Waals surface area contributed by atoms with Gasteiger partial charge in [-0.2, -0.15) is 0 Å². The zero-order valence-corrected chi connectivity index (χ0v) is 16.5. The summed E-state index contributed by atoms with van der Waals surface area (Å²) in [6.45, 7) is 3.14. The minimum absolute atomic E-state index is 0.307. The Bertz CT molecular complexity index is 1150. The van der Waals surface area contributed by atoms with E-state index in [0.29, 0.717) is 18.8 Å². The van der Waals surface area contributed by atoms with E-state index in [4.69, 9.17) is 9.47 Å². The Hall–Kier alpha value is -3.60. The van der Waals surface area contributed by atoms with Crippen LogP contribution >= 0.6 is 0 Å². The second-order valence-electron chi connectivity index (χ2n) is 6.64. The van der Waals surface area contributed by atoms with E-state index < -0.39 is 5.97 Å². The molecule has 146 valence electrons. The molecule has 0 N–H and O–H groups in total. The molecule has 0 fully saturated rings. The molecule has 2 aromatic carbocycles. The van der Waals surface area contributed by atoms with Crippen LogP contribution in [0.4, 0.5) is 0 Å². The first kappa shape index (κ1) is 18.7. The third-order valence-electron chi connectivity index (χ3n) is 4.77. The molecule has 0 aliphatic carbocycles. The Labute approximate surface area is 169 Å². The molecule has 0 unspecified atom stereocenters. The smallest absolute Gasteiger partial charge is 0.356 e. The van der Waals surface area contributed by atoms with Gasteiger partial charge in [-0.1, -0.05) is 36.4 Å². The lowest BCUT2D eigenvalue weighted by atomic mass is 10.1. The normalized spacial score (nSPS) is 10.8. The van der Waals surface area contributed by atoms with Crippen LogP contribution in [-0.4, -0.2) is 29.2 Å². The average molecular weight is 386 g/mol. The summed E-state index contributed by atoms with van der Waals surface area (Å²) in [4.78, 5) is 16.3. The maximum Gasteiger partial charge on any atom is 0.356 e. The van der Waals surface area contributed by atoms with Crippen molar-refractivity contribution >= 4 is 16.9 Å². The maximum atomic E-state index is 11.9. The van der Waals surface area contributed by atoms with Gasteiger partial charge in [-0.25, -0.2) is 9.78 Å². The summed E-state index contributed by atoms with van der Waals surface area (Å²) in [5.74, 6) is 0.413. The number of carbonyl (C=O) groups excluding carboxylic acids is 1. The molecule has 0 bridgehead atoms. The van der Waals surface area contributed by atoms with Crippen molar-refractivity contribution in [1.82, 2.24) is 9.55 Å². The van der Waals surface area contributed by atoms with Crippen molar-refractivity contribution < 1.29 is 14.3 Å². The fourth-order valence-electron chi connectivity index (χ4n) is 3.47. The van der Waals surface area contributed by atoms with Crippen LogP contribution in [0.3, 0.4) is 0 Å². The standard InChI is InChI=1S/C24H22N2O3/c1-3-29-20-12-13-22-18(14-20)15-23(17-8-5-4-6-9-17)26(22)16-19-10-7-11-21(25-19)24(27)28-2/h4-15H,3,16H2,1-2H3. The third kappa shape index (κ3) is 3.85. The molecule has 2 aromatic heterocycles. The molecule has 0 saturated carbocycles. The number of nitrogens with zero attached hydrogens (tertiary/aromatic N) is 2. The van der Waals surface area contributed by atoms with Crippen LogP contribution in [0.2, 0.25) is 0 Å². The number of esters is 1. The number of methoxy groups -OCH3 is 1. The fourth-order valence-corrected chi connectivity index (χ4v) is 3.47. The lowest BCUT2D eigenvalue weighted by molar-refractivity contribution is 0.0593. The first-order valence-electron chi connectivity index (χ1n) is 9.55. The van der Waals surface area contributed by atoms with Gasteiger partial charge >= 0.3 is 5.97 Å². The van der Waals surface area contributed by atoms with Gasteiger partial charge in [-0.15, -0.1) is 0 Å². The zero-order valence-electron chi connectivity index (χ0n) is 16.5. The second kappa shape index (κ2) is 8.19. The van der Waals surface area contributed by atoms with Gasteiger partial charge in [0.1, 0.15) is 11.4 Å². The molecule has 4 rings (SSSR count). The van der Waals surface area contributed by atoms with Gasteiger partial charge in [0.25, 0.3) is 0 Å². The van der Waals surface area contributed by atoms with Gasteiger partial charge < -0.3 is 14.0 Å². The van der Waals surface area contributed by atoms with E-state index in [1.54, 1.807) is 6.07 Å². The van der Waals surface area contributed by atoms with Crippen molar-refractivity contribution in [2.24, 2.45) is 0 Å². The average Bonchev–Trinajstić information content (AvgIpc) is 3.12. The van der Waals surface area contributed by atoms with Gasteiger partial charge in [-0.3, -0.25) is 0 Å². The Kier molecular flexibility index (Phi) is 5.29. The zero-order chi connectivity index (χ0) is 20.2. The third-order valence-corrected chi connectivity index (χ3v) is 4.77. The van der Waals surface area contributed by atoms with Crippen LogP contribution in [0.25, 0.3) is 22.2 Å². The van der Waals surface area contributed by atoms with E-state index in [1.165, 1.54) is 7.11 Å². The minimum atomic E-state index is -0.436. The SMILES string of the molecule is CCOc1ccc2c(c1)cc(-c1ccccc1)n2Cc1cccc(C(=O)OC)n1. The van der Waals surface area contributed by atoms with E-state index in [9.17, 15) is 4.79 Å². The second-order valence-corrected chi connectivity index (χ2v) is 6.64. The van der Waals surface area contributed by atoms with Gasteiger partial charge in [0.15, 0.2) is 0 Å². The van der Waals surface area contributed by atoms with Crippen LogP contribution in [0.1, 0.15) is 23.1 Å². The molecule has 5 heteroatoms. The number of rotatable bonds is 6. The van der Waals surface area contributed by atoms with Crippen LogP contribution in [-0.2, 0) is 11.3 Å². The van der Waals surface area contributed by atoms with Crippen LogP contribution in [0.15, 0.2) is 72.8 Å². The summed E-state index contributed by atoms with van der Waals surface area (Å²) in [6, 6.07) is 23.9. The first-order valence-corrected chi connectivity index (χ1v) is 9.55. The highest BCUT2D eigenvalue weighted by atomic mass is 16.5. The van der Waals surface area contributed by atoms with Gasteiger partial charge in [0.05, 0.1) is 26.0 Å². The Morgan fingerprint density at radius 1 is 1.00 bits per heavy atom. The Morgan fingerprint density at radius 2 is 1.83 bits per heavy atom. The van der Waals surface area contributed by atoms with Crippen molar-refractivity contribution in [3.8, 4) is 17.0 Å². The highest BCUT2D eigenvalue weighted by molar-refractivity contribution is 5.88. The van der Waals surface area contributed by atoms with Gasteiger partial charge in [0, 0.05) is 16.6 Å². The monoisotopic (exact) mass is 386 g/mol. The number of hydrogen-bond acceptors (Lipinski definition) is 4. The summed E-state index contributed by atoms with van der Waals surface area (Å²) >= 11 is 0. The maximum absolute atomic E-state index is 11.9. The van der Waals surface area contributed by atoms with Crippen molar-refractivity contribution in [3.63, 3.8) is 0 Å². The lowest BCUT2D eigenvalue weighted by Crippen LogP contribution is -2.09. The summed E-state index contributed by atoms with van der Waals surface area (Å²) in [5.41, 5.74) is 4.38. The molecule has 0 amide bonds. The van der Waals surface area contributed by atoms with E-state index >= 15 is 0 Å². The molecule has 5 nitrogen and oxygen atoms in total. The molecular formula is C24H22N2O3. The number of aromatic nitrogens is 2. The first-order chi connectivity index (χ1) is 14.2. The highest BCUT2D eigenvalue weighted by Gasteiger charge is 2.14. The summed E-state index contributed by atoms with van der Waals surface area (Å²) in [7, 11) is 1.36. The molecule has 0 aliphatic heterocycles. The predicted molar refractivity (Wildman–Crippen MR) is 113 cm³/mol. The van der Waals surface area contributed by atoms with Crippen molar-refractivity contribution in [2.75, 3.05) is 13.7 Å². The number of benzene rings is 2. The predicted octanol–water partition coefficient (Wildman–Crippen LogP) is 4.94. The number of carbonyl (C=O) groups is 1. The summed E-state index contributed by atoms with van der Waals surface area (Å²) in [5, 5.41) is 1.10. The fraction of sp³-hybridized carbons (Fsp3) is 0.167. The molecule has 0 aliphatic rings. The molecule has 0 atom stereocenters. The van der Waals surface area contributed by atoms with Gasteiger partial charge in [-0.05, 0) is 48.9 Å². The minimum Gasteiger partial charge on any atom is -0.494 e. The largest absolute Gasteiger partial charge is 0.494 e. The van der Waals surface area contributed by atoms with Crippen molar-refractivity contribution in [2.45, 2.75) is 13.5 Å². The van der Waals surface area contributed by atoms with E-state index in [0.717, 1.165) is 33.6 Å². The topological polar surface area (TPSA) is 53.4 Å².